The van der Waals surface area contributed by atoms with Crippen molar-refractivity contribution in [2.24, 2.45) is 0 Å². The van der Waals surface area contributed by atoms with Crippen molar-refractivity contribution in [1.82, 2.24) is 20.0 Å². The second-order valence-electron chi connectivity index (χ2n) is 6.27. The summed E-state index contributed by atoms with van der Waals surface area (Å²) in [5, 5.41) is 17.8. The first-order chi connectivity index (χ1) is 13.8. The Morgan fingerprint density at radius 2 is 2.07 bits per heavy atom. The van der Waals surface area contributed by atoms with Gasteiger partial charge in [0.2, 0.25) is 11.8 Å². The van der Waals surface area contributed by atoms with Gasteiger partial charge in [-0.25, -0.2) is 0 Å². The van der Waals surface area contributed by atoms with Gasteiger partial charge in [-0.3, -0.25) is 14.3 Å². The summed E-state index contributed by atoms with van der Waals surface area (Å²) >= 11 is 8.98. The number of thioether (sulfide) groups is 1. The Labute approximate surface area is 181 Å². The lowest BCUT2D eigenvalue weighted by Gasteiger charge is -2.15. The molecule has 1 unspecified atom stereocenters. The van der Waals surface area contributed by atoms with Crippen LogP contribution in [-0.2, 0) is 9.59 Å². The molecule has 11 heteroatoms. The normalized spacial score (nSPS) is 11.9. The van der Waals surface area contributed by atoms with Crippen molar-refractivity contribution in [3.63, 3.8) is 0 Å². The van der Waals surface area contributed by atoms with E-state index in [1.165, 1.54) is 23.1 Å². The van der Waals surface area contributed by atoms with Crippen molar-refractivity contribution in [2.75, 3.05) is 16.4 Å². The molecular weight excluding hydrogens is 432 g/mol. The summed E-state index contributed by atoms with van der Waals surface area (Å²) in [6.45, 7) is 5.55. The summed E-state index contributed by atoms with van der Waals surface area (Å²) in [7, 11) is 0. The first kappa shape index (κ1) is 21.3. The third-order valence-electron chi connectivity index (χ3n) is 3.97. The van der Waals surface area contributed by atoms with E-state index >= 15 is 0 Å². The van der Waals surface area contributed by atoms with E-state index in [0.717, 1.165) is 15.7 Å². The molecule has 0 saturated carbocycles. The number of aryl methyl sites for hydroxylation is 2. The van der Waals surface area contributed by atoms with E-state index in [0.29, 0.717) is 16.4 Å². The van der Waals surface area contributed by atoms with Crippen LogP contribution < -0.4 is 10.6 Å². The highest BCUT2D eigenvalue weighted by Gasteiger charge is 2.19. The van der Waals surface area contributed by atoms with Crippen molar-refractivity contribution in [3.05, 3.63) is 46.2 Å². The van der Waals surface area contributed by atoms with Gasteiger partial charge in [0, 0.05) is 11.4 Å². The van der Waals surface area contributed by atoms with E-state index in [4.69, 9.17) is 11.6 Å². The molecule has 3 aromatic rings. The molecule has 1 atom stereocenters. The van der Waals surface area contributed by atoms with E-state index < -0.39 is 6.04 Å². The van der Waals surface area contributed by atoms with Crippen molar-refractivity contribution >= 4 is 57.9 Å². The summed E-state index contributed by atoms with van der Waals surface area (Å²) in [5.41, 5.74) is 4.38. The van der Waals surface area contributed by atoms with Crippen LogP contribution in [0.15, 0.2) is 34.1 Å². The summed E-state index contributed by atoms with van der Waals surface area (Å²) < 4.78 is 2.40. The van der Waals surface area contributed by atoms with Crippen LogP contribution in [0.2, 0.25) is 5.02 Å². The van der Waals surface area contributed by atoms with Crippen LogP contribution in [-0.4, -0.2) is 37.5 Å². The predicted octanol–water partition coefficient (Wildman–Crippen LogP) is 3.94. The number of anilines is 2. The lowest BCUT2D eigenvalue weighted by Crippen LogP contribution is -2.25. The zero-order valence-corrected chi connectivity index (χ0v) is 18.4. The van der Waals surface area contributed by atoms with Crippen LogP contribution in [0.25, 0.3) is 0 Å². The smallest absolute Gasteiger partial charge is 0.248 e. The molecule has 2 amide bonds. The van der Waals surface area contributed by atoms with Gasteiger partial charge in [-0.2, -0.15) is 5.10 Å². The standard InChI is InChI=1S/C18H19ClN6O2S2/c1-10-6-11(2)25(24-10)12(3)17(27)22-15-5-4-13(7-14(15)19)21-16(26)8-28-18-23-20-9-29-18/h4-7,9,12H,8H2,1-3H3,(H,21,26)(H,22,27). The van der Waals surface area contributed by atoms with Crippen LogP contribution in [0.5, 0.6) is 0 Å². The molecule has 1 aromatic carbocycles. The number of benzene rings is 1. The van der Waals surface area contributed by atoms with Crippen molar-refractivity contribution < 1.29 is 9.59 Å². The first-order valence-corrected chi connectivity index (χ1v) is 10.9. The first-order valence-electron chi connectivity index (χ1n) is 8.65. The molecule has 0 bridgehead atoms. The van der Waals surface area contributed by atoms with Gasteiger partial charge in [-0.15, -0.1) is 10.2 Å². The average Bonchev–Trinajstić information content (AvgIpc) is 3.30. The number of aromatic nitrogens is 4. The SMILES string of the molecule is Cc1cc(C)n(C(C)C(=O)Nc2ccc(NC(=O)CSc3nncs3)cc2Cl)n1. The zero-order chi connectivity index (χ0) is 21.0. The van der Waals surface area contributed by atoms with Gasteiger partial charge >= 0.3 is 0 Å². The Bertz CT molecular complexity index is 1020. The van der Waals surface area contributed by atoms with Crippen LogP contribution in [0, 0.1) is 13.8 Å². The lowest BCUT2D eigenvalue weighted by atomic mass is 10.2. The fourth-order valence-corrected chi connectivity index (χ4v) is 4.15. The number of carbonyl (C=O) groups is 2. The van der Waals surface area contributed by atoms with Gasteiger partial charge in [-0.1, -0.05) is 34.7 Å². The Balaban J connectivity index is 1.59. The zero-order valence-electron chi connectivity index (χ0n) is 16.0. The van der Waals surface area contributed by atoms with Crippen LogP contribution in [0.1, 0.15) is 24.4 Å². The monoisotopic (exact) mass is 450 g/mol. The highest BCUT2D eigenvalue weighted by molar-refractivity contribution is 8.01. The molecule has 0 fully saturated rings. The van der Waals surface area contributed by atoms with Gasteiger partial charge in [0.1, 0.15) is 11.6 Å². The number of nitrogens with one attached hydrogen (secondary N) is 2. The minimum Gasteiger partial charge on any atom is -0.325 e. The maximum atomic E-state index is 12.6. The Morgan fingerprint density at radius 3 is 2.69 bits per heavy atom. The maximum Gasteiger partial charge on any atom is 0.248 e. The third-order valence-corrected chi connectivity index (χ3v) is 6.14. The molecule has 0 aliphatic heterocycles. The molecule has 0 radical (unpaired) electrons. The van der Waals surface area contributed by atoms with Gasteiger partial charge in [-0.05, 0) is 45.0 Å². The van der Waals surface area contributed by atoms with E-state index in [2.05, 4.69) is 25.9 Å². The summed E-state index contributed by atoms with van der Waals surface area (Å²) in [6, 6.07) is 6.36. The number of rotatable bonds is 7. The number of nitrogens with zero attached hydrogens (tertiary/aromatic N) is 4. The third kappa shape index (κ3) is 5.55. The van der Waals surface area contributed by atoms with Crippen LogP contribution in [0.4, 0.5) is 11.4 Å². The fraction of sp³-hybridized carbons (Fsp3) is 0.278. The minimum absolute atomic E-state index is 0.184. The number of halogens is 1. The van der Waals surface area contributed by atoms with Crippen LogP contribution >= 0.6 is 34.7 Å². The summed E-state index contributed by atoms with van der Waals surface area (Å²) in [4.78, 5) is 24.6. The number of amides is 2. The van der Waals surface area contributed by atoms with Crippen molar-refractivity contribution in [2.45, 2.75) is 31.2 Å². The fourth-order valence-electron chi connectivity index (χ4n) is 2.63. The molecular formula is C18H19ClN6O2S2. The molecule has 29 heavy (non-hydrogen) atoms. The minimum atomic E-state index is -0.489. The molecule has 2 heterocycles. The van der Waals surface area contributed by atoms with Crippen LogP contribution in [0.3, 0.4) is 0 Å². The Morgan fingerprint density at radius 1 is 1.28 bits per heavy atom. The van der Waals surface area contributed by atoms with Gasteiger partial charge in [0.15, 0.2) is 4.34 Å². The number of carbonyl (C=O) groups excluding carboxylic acids is 2. The highest BCUT2D eigenvalue weighted by atomic mass is 35.5. The van der Waals surface area contributed by atoms with Gasteiger partial charge < -0.3 is 10.6 Å². The molecule has 3 rings (SSSR count). The average molecular weight is 451 g/mol. The summed E-state index contributed by atoms with van der Waals surface area (Å²) in [5.74, 6) is -0.203. The molecule has 0 aliphatic rings. The summed E-state index contributed by atoms with van der Waals surface area (Å²) in [6.07, 6.45) is 0. The molecule has 0 aliphatic carbocycles. The molecule has 2 N–H and O–H groups in total. The maximum absolute atomic E-state index is 12.6. The molecule has 8 nitrogen and oxygen atoms in total. The lowest BCUT2D eigenvalue weighted by molar-refractivity contribution is -0.119. The molecule has 2 aromatic heterocycles. The Hall–Kier alpha value is -2.43. The second-order valence-corrected chi connectivity index (χ2v) is 8.74. The molecule has 0 saturated heterocycles. The van der Waals surface area contributed by atoms with E-state index in [1.54, 1.807) is 35.3 Å². The van der Waals surface area contributed by atoms with Crippen molar-refractivity contribution in [3.8, 4) is 0 Å². The largest absolute Gasteiger partial charge is 0.325 e. The van der Waals surface area contributed by atoms with E-state index in [9.17, 15) is 9.59 Å². The topological polar surface area (TPSA) is 102 Å². The number of hydrogen-bond donors (Lipinski definition) is 2. The van der Waals surface area contributed by atoms with Gasteiger partial charge in [0.05, 0.1) is 22.2 Å². The Kier molecular flexibility index (Phi) is 6.88. The second kappa shape index (κ2) is 9.38. The predicted molar refractivity (Wildman–Crippen MR) is 116 cm³/mol. The van der Waals surface area contributed by atoms with E-state index in [1.807, 2.05) is 19.9 Å². The number of hydrogen-bond acceptors (Lipinski definition) is 7. The van der Waals surface area contributed by atoms with Crippen molar-refractivity contribution in [1.29, 1.82) is 0 Å². The molecule has 0 spiro atoms. The quantitative estimate of drug-likeness (QED) is 0.528. The van der Waals surface area contributed by atoms with Gasteiger partial charge in [0.25, 0.3) is 0 Å². The molecule has 152 valence electrons. The van der Waals surface area contributed by atoms with E-state index in [-0.39, 0.29) is 17.6 Å². The highest BCUT2D eigenvalue weighted by Crippen LogP contribution is 2.27.